The number of nitrogens with one attached hydrogen (secondary N) is 1. The highest BCUT2D eigenvalue weighted by atomic mass is 32.1. The summed E-state index contributed by atoms with van der Waals surface area (Å²) in [7, 11) is 3.44. The number of rotatable bonds is 6. The molecule has 118 valence electrons. The minimum Gasteiger partial charge on any atom is -0.380 e. The summed E-state index contributed by atoms with van der Waals surface area (Å²) in [5, 5.41) is 4.49. The molecule has 0 bridgehead atoms. The lowest BCUT2D eigenvalue weighted by molar-refractivity contribution is 0.0822. The molecule has 22 heavy (non-hydrogen) atoms. The number of carbonyl (C=O) groups is 1. The van der Waals surface area contributed by atoms with E-state index in [0.29, 0.717) is 18.2 Å². The van der Waals surface area contributed by atoms with Gasteiger partial charge in [-0.25, -0.2) is 4.98 Å². The van der Waals surface area contributed by atoms with Gasteiger partial charge in [-0.3, -0.25) is 9.78 Å². The third kappa shape index (κ3) is 4.53. The summed E-state index contributed by atoms with van der Waals surface area (Å²) in [4.78, 5) is 23.2. The zero-order chi connectivity index (χ0) is 16.1. The van der Waals surface area contributed by atoms with E-state index in [2.05, 4.69) is 29.1 Å². The van der Waals surface area contributed by atoms with Crippen molar-refractivity contribution in [3.63, 3.8) is 0 Å². The van der Waals surface area contributed by atoms with Crippen LogP contribution in [-0.2, 0) is 13.0 Å². The molecule has 1 amide bonds. The quantitative estimate of drug-likeness (QED) is 0.889. The first-order chi connectivity index (χ1) is 10.5. The summed E-state index contributed by atoms with van der Waals surface area (Å²) < 4.78 is 0. The lowest BCUT2D eigenvalue weighted by atomic mass is 10.1. The van der Waals surface area contributed by atoms with Gasteiger partial charge >= 0.3 is 0 Å². The first kappa shape index (κ1) is 16.4. The van der Waals surface area contributed by atoms with Gasteiger partial charge < -0.3 is 10.2 Å². The molecule has 2 rings (SSSR count). The molecule has 0 unspecified atom stereocenters. The van der Waals surface area contributed by atoms with Crippen LogP contribution in [0.2, 0.25) is 0 Å². The van der Waals surface area contributed by atoms with E-state index >= 15 is 0 Å². The molecular formula is C16H22N4OS. The second kappa shape index (κ2) is 7.35. The molecule has 0 radical (unpaired) electrons. The van der Waals surface area contributed by atoms with Gasteiger partial charge in [-0.05, 0) is 18.1 Å². The Labute approximate surface area is 135 Å². The van der Waals surface area contributed by atoms with E-state index in [1.807, 2.05) is 12.3 Å². The standard InChI is InChI=1S/C16H22N4OS/c1-11(2)7-15-19-10-13(22-15)9-18-12-5-6-17-14(8-12)16(21)20(3)4/h5-6,8,10-11H,7,9H2,1-4H3,(H,17,18). The Balaban J connectivity index is 1.98. The number of thiazole rings is 1. The van der Waals surface area contributed by atoms with E-state index in [1.165, 1.54) is 14.8 Å². The van der Waals surface area contributed by atoms with Gasteiger partial charge in [0.1, 0.15) is 5.69 Å². The molecule has 0 fully saturated rings. The van der Waals surface area contributed by atoms with Gasteiger partial charge in [0, 0.05) is 43.5 Å². The SMILES string of the molecule is CC(C)Cc1ncc(CNc2ccnc(C(=O)N(C)C)c2)s1. The molecule has 0 spiro atoms. The van der Waals surface area contributed by atoms with Crippen LogP contribution in [0.5, 0.6) is 0 Å². The molecule has 0 aliphatic heterocycles. The van der Waals surface area contributed by atoms with Crippen LogP contribution in [0, 0.1) is 5.92 Å². The van der Waals surface area contributed by atoms with Crippen LogP contribution in [0.4, 0.5) is 5.69 Å². The summed E-state index contributed by atoms with van der Waals surface area (Å²) in [6, 6.07) is 3.64. The smallest absolute Gasteiger partial charge is 0.272 e. The predicted molar refractivity (Wildman–Crippen MR) is 90.2 cm³/mol. The molecule has 2 aromatic heterocycles. The highest BCUT2D eigenvalue weighted by molar-refractivity contribution is 7.11. The van der Waals surface area contributed by atoms with E-state index in [-0.39, 0.29) is 5.91 Å². The fourth-order valence-electron chi connectivity index (χ4n) is 1.95. The first-order valence-corrected chi connectivity index (χ1v) is 8.12. The second-order valence-corrected chi connectivity index (χ2v) is 7.00. The minimum atomic E-state index is -0.0966. The molecule has 2 aromatic rings. The van der Waals surface area contributed by atoms with Gasteiger partial charge in [0.2, 0.25) is 0 Å². The van der Waals surface area contributed by atoms with Crippen LogP contribution in [0.1, 0.15) is 34.2 Å². The molecule has 0 saturated carbocycles. The third-order valence-corrected chi connectivity index (χ3v) is 4.06. The summed E-state index contributed by atoms with van der Waals surface area (Å²) >= 11 is 1.73. The molecule has 6 heteroatoms. The molecule has 1 N–H and O–H groups in total. The summed E-state index contributed by atoms with van der Waals surface area (Å²) in [6.07, 6.45) is 4.58. The average Bonchev–Trinajstić information content (AvgIpc) is 2.91. The van der Waals surface area contributed by atoms with Crippen molar-refractivity contribution in [1.82, 2.24) is 14.9 Å². The number of carbonyl (C=O) groups excluding carboxylic acids is 1. The Bertz CT molecular complexity index is 637. The fraction of sp³-hybridized carbons (Fsp3) is 0.438. The Kier molecular flexibility index (Phi) is 5.49. The van der Waals surface area contributed by atoms with Crippen LogP contribution in [0.25, 0.3) is 0 Å². The topological polar surface area (TPSA) is 58.1 Å². The number of hydrogen-bond acceptors (Lipinski definition) is 5. The second-order valence-electron chi connectivity index (χ2n) is 5.80. The average molecular weight is 318 g/mol. The number of hydrogen-bond donors (Lipinski definition) is 1. The molecular weight excluding hydrogens is 296 g/mol. The minimum absolute atomic E-state index is 0.0966. The first-order valence-electron chi connectivity index (χ1n) is 7.31. The van der Waals surface area contributed by atoms with Crippen LogP contribution in [0.3, 0.4) is 0 Å². The van der Waals surface area contributed by atoms with Gasteiger partial charge in [0.05, 0.1) is 11.6 Å². The number of aromatic nitrogens is 2. The predicted octanol–water partition coefficient (Wildman–Crippen LogP) is 3.05. The Morgan fingerprint density at radius 3 is 2.82 bits per heavy atom. The van der Waals surface area contributed by atoms with Crippen LogP contribution in [-0.4, -0.2) is 34.9 Å². The van der Waals surface area contributed by atoms with Gasteiger partial charge in [-0.2, -0.15) is 0 Å². The van der Waals surface area contributed by atoms with Crippen molar-refractivity contribution in [3.8, 4) is 0 Å². The van der Waals surface area contributed by atoms with Crippen molar-refractivity contribution in [1.29, 1.82) is 0 Å². The lowest BCUT2D eigenvalue weighted by Crippen LogP contribution is -2.22. The Hall–Kier alpha value is -1.95. The molecule has 0 aliphatic carbocycles. The zero-order valence-electron chi connectivity index (χ0n) is 13.5. The number of nitrogens with zero attached hydrogens (tertiary/aromatic N) is 3. The molecule has 2 heterocycles. The van der Waals surface area contributed by atoms with Gasteiger partial charge in [-0.1, -0.05) is 13.8 Å². The highest BCUT2D eigenvalue weighted by Gasteiger charge is 2.10. The number of amides is 1. The largest absolute Gasteiger partial charge is 0.380 e. The van der Waals surface area contributed by atoms with Crippen LogP contribution >= 0.6 is 11.3 Å². The summed E-state index contributed by atoms with van der Waals surface area (Å²) in [6.45, 7) is 5.09. The fourth-order valence-corrected chi connectivity index (χ4v) is 3.02. The zero-order valence-corrected chi connectivity index (χ0v) is 14.3. The lowest BCUT2D eigenvalue weighted by Gasteiger charge is -2.10. The van der Waals surface area contributed by atoms with Crippen molar-refractivity contribution in [2.24, 2.45) is 5.92 Å². The van der Waals surface area contributed by atoms with Crippen molar-refractivity contribution >= 4 is 22.9 Å². The van der Waals surface area contributed by atoms with Crippen LogP contribution in [0.15, 0.2) is 24.5 Å². The van der Waals surface area contributed by atoms with E-state index in [0.717, 1.165) is 12.1 Å². The normalized spacial score (nSPS) is 10.8. The van der Waals surface area contributed by atoms with Gasteiger partial charge in [-0.15, -0.1) is 11.3 Å². The summed E-state index contributed by atoms with van der Waals surface area (Å²) in [5.41, 5.74) is 1.33. The summed E-state index contributed by atoms with van der Waals surface area (Å²) in [5.74, 6) is 0.521. The molecule has 5 nitrogen and oxygen atoms in total. The van der Waals surface area contributed by atoms with Crippen molar-refractivity contribution in [3.05, 3.63) is 40.1 Å². The maximum absolute atomic E-state index is 11.9. The van der Waals surface area contributed by atoms with Gasteiger partial charge in [0.25, 0.3) is 5.91 Å². The maximum Gasteiger partial charge on any atom is 0.272 e. The Morgan fingerprint density at radius 2 is 2.14 bits per heavy atom. The van der Waals surface area contributed by atoms with Crippen LogP contribution < -0.4 is 5.32 Å². The van der Waals surface area contributed by atoms with Crippen molar-refractivity contribution in [2.45, 2.75) is 26.8 Å². The monoisotopic (exact) mass is 318 g/mol. The van der Waals surface area contributed by atoms with E-state index in [9.17, 15) is 4.79 Å². The highest BCUT2D eigenvalue weighted by Crippen LogP contribution is 2.18. The van der Waals surface area contributed by atoms with E-state index < -0.39 is 0 Å². The Morgan fingerprint density at radius 1 is 1.36 bits per heavy atom. The number of pyridine rings is 1. The molecule has 0 atom stereocenters. The molecule has 0 aromatic carbocycles. The molecule has 0 saturated heterocycles. The van der Waals surface area contributed by atoms with Crippen molar-refractivity contribution in [2.75, 3.05) is 19.4 Å². The molecule has 0 aliphatic rings. The van der Waals surface area contributed by atoms with E-state index in [1.54, 1.807) is 37.7 Å². The van der Waals surface area contributed by atoms with Gasteiger partial charge in [0.15, 0.2) is 0 Å². The number of anilines is 1. The third-order valence-electron chi connectivity index (χ3n) is 3.04. The maximum atomic E-state index is 11.9. The van der Waals surface area contributed by atoms with Crippen molar-refractivity contribution < 1.29 is 4.79 Å². The van der Waals surface area contributed by atoms with E-state index in [4.69, 9.17) is 0 Å².